The van der Waals surface area contributed by atoms with E-state index < -0.39 is 12.0 Å². The molecule has 0 amide bonds. The Balaban J connectivity index is 1.30. The lowest BCUT2D eigenvalue weighted by Gasteiger charge is -2.40. The normalized spacial score (nSPS) is 26.3. The number of piperidine rings is 1. The number of carboxylic acids is 1. The van der Waals surface area contributed by atoms with Gasteiger partial charge in [-0.2, -0.15) is 0 Å². The van der Waals surface area contributed by atoms with E-state index in [1.54, 1.807) is 12.1 Å². The summed E-state index contributed by atoms with van der Waals surface area (Å²) in [6.07, 6.45) is 7.15. The van der Waals surface area contributed by atoms with Crippen LogP contribution in [0.1, 0.15) is 81.4 Å². The number of carboxylic acid groups (broad SMARTS) is 1. The summed E-state index contributed by atoms with van der Waals surface area (Å²) in [5.41, 5.74) is 3.68. The van der Waals surface area contributed by atoms with E-state index in [-0.39, 0.29) is 29.1 Å². The van der Waals surface area contributed by atoms with E-state index >= 15 is 0 Å². The first-order valence-corrected chi connectivity index (χ1v) is 14.1. The van der Waals surface area contributed by atoms with Gasteiger partial charge in [0.15, 0.2) is 0 Å². The van der Waals surface area contributed by atoms with Crippen LogP contribution in [0.2, 0.25) is 0 Å². The number of aromatic nitrogens is 1. The Hall–Kier alpha value is -2.25. The average molecular weight is 512 g/mol. The molecule has 5 rings (SSSR count). The van der Waals surface area contributed by atoms with Crippen LogP contribution in [-0.4, -0.2) is 64.8 Å². The van der Waals surface area contributed by atoms with Crippen LogP contribution in [0.5, 0.6) is 0 Å². The zero-order valence-electron chi connectivity index (χ0n) is 22.8. The van der Waals surface area contributed by atoms with E-state index in [1.807, 2.05) is 27.0 Å². The van der Waals surface area contributed by atoms with E-state index in [2.05, 4.69) is 21.9 Å². The lowest BCUT2D eigenvalue weighted by molar-refractivity contribution is -0.145. The summed E-state index contributed by atoms with van der Waals surface area (Å²) in [6, 6.07) is 6.68. The van der Waals surface area contributed by atoms with Gasteiger partial charge in [-0.3, -0.25) is 9.69 Å². The summed E-state index contributed by atoms with van der Waals surface area (Å²) in [5.74, 6) is 0.792. The maximum absolute atomic E-state index is 14.2. The Kier molecular flexibility index (Phi) is 7.47. The summed E-state index contributed by atoms with van der Waals surface area (Å²) in [6.45, 7) is 9.11. The highest BCUT2D eigenvalue weighted by atomic mass is 19.1. The van der Waals surface area contributed by atoms with Crippen molar-refractivity contribution in [2.75, 3.05) is 26.7 Å². The standard InChI is InChI=1S/C30H42FN3O3/c1-5-26-24-9-10-30(28(24)37-32-26)11-13-34(14-12-30)18-21-16-23(33(4)27(19(2)3)29(35)36)17-25(21)20-7-6-8-22(31)15-20/h6-8,15,19,21,23,25,27H,5,9-14,16-18H2,1-4H3,(H,35,36)/t21?,23?,25?,27-/m1/s1. The number of hydrogen-bond donors (Lipinski definition) is 1. The average Bonchev–Trinajstić information content (AvgIpc) is 3.56. The molecule has 0 bridgehead atoms. The van der Waals surface area contributed by atoms with Crippen molar-refractivity contribution < 1.29 is 18.8 Å². The molecule has 1 aromatic carbocycles. The van der Waals surface area contributed by atoms with Crippen molar-refractivity contribution in [2.45, 2.75) is 89.1 Å². The van der Waals surface area contributed by atoms with Crippen molar-refractivity contribution >= 4 is 5.97 Å². The number of aryl methyl sites for hydroxylation is 1. The Morgan fingerprint density at radius 3 is 2.68 bits per heavy atom. The zero-order valence-corrected chi connectivity index (χ0v) is 22.8. The van der Waals surface area contributed by atoms with Gasteiger partial charge < -0.3 is 14.5 Å². The zero-order chi connectivity index (χ0) is 26.3. The van der Waals surface area contributed by atoms with Gasteiger partial charge in [-0.25, -0.2) is 4.39 Å². The smallest absolute Gasteiger partial charge is 0.321 e. The second-order valence-electron chi connectivity index (χ2n) is 12.1. The molecule has 1 spiro atoms. The molecule has 2 heterocycles. The molecule has 2 fully saturated rings. The Bertz CT molecular complexity index is 1110. The van der Waals surface area contributed by atoms with E-state index in [0.717, 1.165) is 75.2 Å². The van der Waals surface area contributed by atoms with Crippen molar-refractivity contribution in [3.05, 3.63) is 52.7 Å². The van der Waals surface area contributed by atoms with Gasteiger partial charge in [-0.05, 0) is 101 Å². The Morgan fingerprint density at radius 2 is 2.03 bits per heavy atom. The molecule has 1 aromatic heterocycles. The third kappa shape index (κ3) is 4.97. The molecule has 1 N–H and O–H groups in total. The van der Waals surface area contributed by atoms with E-state index in [9.17, 15) is 14.3 Å². The predicted octanol–water partition coefficient (Wildman–Crippen LogP) is 5.26. The number of nitrogens with zero attached hydrogens (tertiary/aromatic N) is 3. The molecular formula is C30H42FN3O3. The minimum absolute atomic E-state index is 0.0214. The molecule has 6 nitrogen and oxygen atoms in total. The molecule has 7 heteroatoms. The number of carbonyl (C=O) groups is 1. The van der Waals surface area contributed by atoms with Crippen molar-refractivity contribution in [2.24, 2.45) is 11.8 Å². The number of likely N-dealkylation sites (tertiary alicyclic amines) is 1. The van der Waals surface area contributed by atoms with Gasteiger partial charge in [0.25, 0.3) is 0 Å². The topological polar surface area (TPSA) is 69.8 Å². The number of fused-ring (bicyclic) bond motifs is 2. The maximum Gasteiger partial charge on any atom is 0.321 e. The van der Waals surface area contributed by atoms with Crippen molar-refractivity contribution in [3.8, 4) is 0 Å². The summed E-state index contributed by atoms with van der Waals surface area (Å²) in [5, 5.41) is 14.3. The highest BCUT2D eigenvalue weighted by molar-refractivity contribution is 5.73. The van der Waals surface area contributed by atoms with Crippen LogP contribution in [0.3, 0.4) is 0 Å². The van der Waals surface area contributed by atoms with Gasteiger partial charge >= 0.3 is 5.97 Å². The third-order valence-corrected chi connectivity index (χ3v) is 9.69. The molecule has 37 heavy (non-hydrogen) atoms. The lowest BCUT2D eigenvalue weighted by Crippen LogP contribution is -2.47. The quantitative estimate of drug-likeness (QED) is 0.521. The summed E-state index contributed by atoms with van der Waals surface area (Å²) < 4.78 is 20.1. The molecule has 4 atom stereocenters. The highest BCUT2D eigenvalue weighted by Gasteiger charge is 2.47. The van der Waals surface area contributed by atoms with E-state index in [4.69, 9.17) is 4.52 Å². The van der Waals surface area contributed by atoms with Crippen LogP contribution >= 0.6 is 0 Å². The molecule has 3 aliphatic rings. The van der Waals surface area contributed by atoms with Gasteiger partial charge in [0.1, 0.15) is 17.6 Å². The van der Waals surface area contributed by atoms with Crippen LogP contribution in [-0.2, 0) is 23.1 Å². The van der Waals surface area contributed by atoms with Crippen LogP contribution in [0.15, 0.2) is 28.8 Å². The molecule has 2 aromatic rings. The first-order valence-electron chi connectivity index (χ1n) is 14.1. The SMILES string of the molecule is CCc1noc2c1CCC21CCN(CC2CC(N(C)[C@@H](C(=O)O)C(C)C)CC2c2cccc(F)c2)CC1. The number of rotatable bonds is 8. The van der Waals surface area contributed by atoms with Crippen LogP contribution in [0.4, 0.5) is 4.39 Å². The monoisotopic (exact) mass is 511 g/mol. The minimum atomic E-state index is -0.765. The van der Waals surface area contributed by atoms with Gasteiger partial charge in [0.05, 0.1) is 5.69 Å². The van der Waals surface area contributed by atoms with Crippen molar-refractivity contribution in [3.63, 3.8) is 0 Å². The van der Waals surface area contributed by atoms with Crippen molar-refractivity contribution in [1.29, 1.82) is 0 Å². The van der Waals surface area contributed by atoms with Gasteiger partial charge in [-0.1, -0.05) is 38.1 Å². The number of hydrogen-bond acceptors (Lipinski definition) is 5. The number of aliphatic carboxylic acids is 1. The van der Waals surface area contributed by atoms with Gasteiger partial charge in [0.2, 0.25) is 0 Å². The van der Waals surface area contributed by atoms with Gasteiger partial charge in [0, 0.05) is 23.6 Å². The second kappa shape index (κ2) is 10.5. The summed E-state index contributed by atoms with van der Waals surface area (Å²) in [7, 11) is 1.96. The van der Waals surface area contributed by atoms with Gasteiger partial charge in [-0.15, -0.1) is 0 Å². The third-order valence-electron chi connectivity index (χ3n) is 9.69. The van der Waals surface area contributed by atoms with Crippen LogP contribution in [0.25, 0.3) is 0 Å². The molecule has 1 saturated carbocycles. The number of benzene rings is 1. The predicted molar refractivity (Wildman–Crippen MR) is 141 cm³/mol. The van der Waals surface area contributed by atoms with Crippen LogP contribution < -0.4 is 0 Å². The molecule has 202 valence electrons. The highest BCUT2D eigenvalue weighted by Crippen LogP contribution is 2.48. The second-order valence-corrected chi connectivity index (χ2v) is 12.1. The molecule has 0 radical (unpaired) electrons. The molecule has 3 unspecified atom stereocenters. The first kappa shape index (κ1) is 26.4. The van der Waals surface area contributed by atoms with E-state index in [1.165, 1.54) is 18.1 Å². The summed E-state index contributed by atoms with van der Waals surface area (Å²) >= 11 is 0. The minimum Gasteiger partial charge on any atom is -0.480 e. The molecule has 2 aliphatic carbocycles. The van der Waals surface area contributed by atoms with Crippen molar-refractivity contribution in [1.82, 2.24) is 15.0 Å². The lowest BCUT2D eigenvalue weighted by atomic mass is 9.76. The van der Waals surface area contributed by atoms with E-state index in [0.29, 0.717) is 5.92 Å². The fourth-order valence-corrected chi connectivity index (χ4v) is 7.68. The van der Waals surface area contributed by atoms with Crippen LogP contribution in [0, 0.1) is 17.7 Å². The summed E-state index contributed by atoms with van der Waals surface area (Å²) in [4.78, 5) is 16.7. The maximum atomic E-state index is 14.2. The first-order chi connectivity index (χ1) is 17.7. The number of likely N-dealkylation sites (N-methyl/N-ethyl adjacent to an activating group) is 1. The largest absolute Gasteiger partial charge is 0.480 e. The molecular weight excluding hydrogens is 469 g/mol. The fraction of sp³-hybridized carbons (Fsp3) is 0.667. The molecule has 1 saturated heterocycles. The number of halogens is 1. The Morgan fingerprint density at radius 1 is 1.27 bits per heavy atom. The Labute approximate surface area is 220 Å². The molecule has 1 aliphatic heterocycles. The fourth-order valence-electron chi connectivity index (χ4n) is 7.68.